The Balaban J connectivity index is 1.58. The first-order valence-electron chi connectivity index (χ1n) is 8.99. The highest BCUT2D eigenvalue weighted by molar-refractivity contribution is 5.68. The summed E-state index contributed by atoms with van der Waals surface area (Å²) < 4.78 is 7.76. The summed E-state index contributed by atoms with van der Waals surface area (Å²) in [6.07, 6.45) is 10.4. The van der Waals surface area contributed by atoms with Gasteiger partial charge in [-0.3, -0.25) is 0 Å². The quantitative estimate of drug-likeness (QED) is 0.876. The van der Waals surface area contributed by atoms with Crippen LogP contribution in [0.5, 0.6) is 0 Å². The van der Waals surface area contributed by atoms with Crippen LogP contribution >= 0.6 is 0 Å². The molecule has 132 valence electrons. The van der Waals surface area contributed by atoms with E-state index in [-0.39, 0.29) is 5.60 Å². The lowest BCUT2D eigenvalue weighted by Gasteiger charge is -2.23. The van der Waals surface area contributed by atoms with Gasteiger partial charge in [-0.2, -0.15) is 0 Å². The van der Waals surface area contributed by atoms with Crippen molar-refractivity contribution in [2.45, 2.75) is 38.2 Å². The zero-order chi connectivity index (χ0) is 17.3. The number of hydrogen-bond acceptors (Lipinski definition) is 5. The fraction of sp³-hybridized carbons (Fsp3) is 0.474. The smallest absolute Gasteiger partial charge is 0.154 e. The van der Waals surface area contributed by atoms with Crippen molar-refractivity contribution in [3.8, 4) is 0 Å². The Morgan fingerprint density at radius 3 is 2.96 bits per heavy atom. The molecular formula is C19H25N5O. The van der Waals surface area contributed by atoms with Crippen molar-refractivity contribution in [1.82, 2.24) is 14.6 Å². The lowest BCUT2D eigenvalue weighted by Crippen LogP contribution is -2.32. The minimum absolute atomic E-state index is 0.0935. The van der Waals surface area contributed by atoms with Crippen molar-refractivity contribution in [2.75, 3.05) is 25.0 Å². The first-order valence-corrected chi connectivity index (χ1v) is 8.99. The highest BCUT2D eigenvalue weighted by Gasteiger charge is 2.29. The molecule has 1 atom stereocenters. The number of nitrogens with one attached hydrogen (secondary N) is 1. The van der Waals surface area contributed by atoms with Gasteiger partial charge >= 0.3 is 0 Å². The Morgan fingerprint density at radius 1 is 1.32 bits per heavy atom. The lowest BCUT2D eigenvalue weighted by atomic mass is 9.97. The highest BCUT2D eigenvalue weighted by Crippen LogP contribution is 2.28. The van der Waals surface area contributed by atoms with Crippen molar-refractivity contribution in [3.05, 3.63) is 41.7 Å². The van der Waals surface area contributed by atoms with Crippen molar-refractivity contribution in [3.63, 3.8) is 0 Å². The monoisotopic (exact) mass is 339 g/mol. The summed E-state index contributed by atoms with van der Waals surface area (Å²) in [7, 11) is 0. The van der Waals surface area contributed by atoms with Crippen LogP contribution in [0, 0.1) is 0 Å². The topological polar surface area (TPSA) is 77.5 Å². The largest absolute Gasteiger partial charge is 0.373 e. The summed E-state index contributed by atoms with van der Waals surface area (Å²) >= 11 is 0. The van der Waals surface area contributed by atoms with Crippen molar-refractivity contribution < 1.29 is 4.74 Å². The van der Waals surface area contributed by atoms with Crippen molar-refractivity contribution in [1.29, 1.82) is 0 Å². The third-order valence-electron chi connectivity index (χ3n) is 5.13. The molecule has 25 heavy (non-hydrogen) atoms. The number of nitrogens with two attached hydrogens (primary N) is 1. The van der Waals surface area contributed by atoms with Gasteiger partial charge in [0.1, 0.15) is 5.82 Å². The number of hydrogen-bond donors (Lipinski definition) is 2. The first-order chi connectivity index (χ1) is 12.2. The molecule has 2 aliphatic rings. The molecule has 2 aromatic rings. The minimum atomic E-state index is -0.0935. The van der Waals surface area contributed by atoms with Crippen molar-refractivity contribution in [2.24, 2.45) is 5.73 Å². The summed E-state index contributed by atoms with van der Waals surface area (Å²) in [4.78, 5) is 4.49. The third-order valence-corrected chi connectivity index (χ3v) is 5.13. The molecule has 2 aromatic heterocycles. The summed E-state index contributed by atoms with van der Waals surface area (Å²) in [5.74, 6) is 0.845. The maximum Gasteiger partial charge on any atom is 0.154 e. The van der Waals surface area contributed by atoms with Crippen molar-refractivity contribution >= 4 is 17.0 Å². The number of ether oxygens (including phenoxy) is 1. The Morgan fingerprint density at radius 2 is 2.24 bits per heavy atom. The SMILES string of the molecule is CC1(CNc2ccc3ncc(C4=CC=C(CN)CC4)n3n2)CCCO1. The van der Waals surface area contributed by atoms with Gasteiger partial charge in [-0.05, 0) is 50.3 Å². The van der Waals surface area contributed by atoms with E-state index in [4.69, 9.17) is 15.6 Å². The van der Waals surface area contributed by atoms with E-state index in [2.05, 4.69) is 29.4 Å². The van der Waals surface area contributed by atoms with E-state index in [1.54, 1.807) is 0 Å². The Bertz CT molecular complexity index is 829. The molecule has 1 aliphatic heterocycles. The van der Waals surface area contributed by atoms with Crippen LogP contribution in [0.15, 0.2) is 36.1 Å². The molecule has 0 bridgehead atoms. The predicted octanol–water partition coefficient (Wildman–Crippen LogP) is 2.77. The number of rotatable bonds is 5. The van der Waals surface area contributed by atoms with Crippen LogP contribution in [-0.2, 0) is 4.74 Å². The maximum atomic E-state index is 5.84. The molecular weight excluding hydrogens is 314 g/mol. The molecule has 1 fully saturated rings. The molecule has 0 saturated carbocycles. The first kappa shape index (κ1) is 16.3. The van der Waals surface area contributed by atoms with Crippen LogP contribution < -0.4 is 11.1 Å². The van der Waals surface area contributed by atoms with Gasteiger partial charge in [0.05, 0.1) is 17.5 Å². The molecule has 1 saturated heterocycles. The number of fused-ring (bicyclic) bond motifs is 1. The Labute approximate surface area is 147 Å². The molecule has 6 nitrogen and oxygen atoms in total. The van der Waals surface area contributed by atoms with Gasteiger partial charge in [0, 0.05) is 19.7 Å². The average molecular weight is 339 g/mol. The van der Waals surface area contributed by atoms with Crippen LogP contribution in [0.1, 0.15) is 38.3 Å². The van der Waals surface area contributed by atoms with Gasteiger partial charge < -0.3 is 15.8 Å². The summed E-state index contributed by atoms with van der Waals surface area (Å²) in [5.41, 5.74) is 10.1. The van der Waals surface area contributed by atoms with E-state index in [9.17, 15) is 0 Å². The van der Waals surface area contributed by atoms with Gasteiger partial charge in [-0.15, -0.1) is 5.10 Å². The number of anilines is 1. The molecule has 0 radical (unpaired) electrons. The van der Waals surface area contributed by atoms with Gasteiger partial charge in [-0.25, -0.2) is 9.50 Å². The summed E-state index contributed by atoms with van der Waals surface area (Å²) in [5, 5.41) is 8.17. The zero-order valence-electron chi connectivity index (χ0n) is 14.7. The molecule has 1 aliphatic carbocycles. The molecule has 4 rings (SSSR count). The number of allylic oxidation sites excluding steroid dienone is 3. The molecule has 3 heterocycles. The van der Waals surface area contributed by atoms with Gasteiger partial charge in [-0.1, -0.05) is 17.7 Å². The van der Waals surface area contributed by atoms with Gasteiger partial charge in [0.15, 0.2) is 5.65 Å². The fourth-order valence-electron chi connectivity index (χ4n) is 3.50. The van der Waals surface area contributed by atoms with Crippen LogP contribution in [-0.4, -0.2) is 39.9 Å². The summed E-state index contributed by atoms with van der Waals surface area (Å²) in [6.45, 7) is 4.40. The van der Waals surface area contributed by atoms with Crippen LogP contribution in [0.25, 0.3) is 11.2 Å². The normalized spacial score (nSPS) is 23.6. The molecule has 1 unspecified atom stereocenters. The number of aromatic nitrogens is 3. The van der Waals surface area contributed by atoms with E-state index in [0.717, 1.165) is 56.0 Å². The van der Waals surface area contributed by atoms with Crippen LogP contribution in [0.3, 0.4) is 0 Å². The second kappa shape index (κ2) is 6.61. The van der Waals surface area contributed by atoms with Gasteiger partial charge in [0.2, 0.25) is 0 Å². The standard InChI is InChI=1S/C19H25N5O/c1-19(9-2-10-25-19)13-22-17-7-8-18-21-12-16(24(18)23-17)15-5-3-14(11-20)4-6-15/h3,5,7-8,12H,2,4,6,9-11,13,20H2,1H3,(H,22,23). The molecule has 0 amide bonds. The molecule has 6 heteroatoms. The second-order valence-corrected chi connectivity index (χ2v) is 7.11. The molecule has 0 spiro atoms. The predicted molar refractivity (Wildman–Crippen MR) is 99.4 cm³/mol. The average Bonchev–Trinajstić information content (AvgIpc) is 3.26. The van der Waals surface area contributed by atoms with E-state index in [1.165, 1.54) is 11.1 Å². The van der Waals surface area contributed by atoms with E-state index >= 15 is 0 Å². The Kier molecular flexibility index (Phi) is 4.31. The lowest BCUT2D eigenvalue weighted by molar-refractivity contribution is 0.0314. The van der Waals surface area contributed by atoms with E-state index < -0.39 is 0 Å². The molecule has 0 aromatic carbocycles. The maximum absolute atomic E-state index is 5.84. The minimum Gasteiger partial charge on any atom is -0.373 e. The van der Waals surface area contributed by atoms with E-state index in [1.807, 2.05) is 22.8 Å². The third kappa shape index (κ3) is 3.32. The fourth-order valence-corrected chi connectivity index (χ4v) is 3.50. The highest BCUT2D eigenvalue weighted by atomic mass is 16.5. The van der Waals surface area contributed by atoms with Gasteiger partial charge in [0.25, 0.3) is 0 Å². The van der Waals surface area contributed by atoms with Crippen LogP contribution in [0.4, 0.5) is 5.82 Å². The molecule has 3 N–H and O–H groups in total. The van der Waals surface area contributed by atoms with E-state index in [0.29, 0.717) is 6.54 Å². The number of nitrogens with zero attached hydrogens (tertiary/aromatic N) is 3. The second-order valence-electron chi connectivity index (χ2n) is 7.11. The zero-order valence-corrected chi connectivity index (χ0v) is 14.7. The summed E-state index contributed by atoms with van der Waals surface area (Å²) in [6, 6.07) is 3.98. The Hall–Kier alpha value is -2.18. The number of imidazole rings is 1. The van der Waals surface area contributed by atoms with Crippen LogP contribution in [0.2, 0.25) is 0 Å².